The predicted molar refractivity (Wildman–Crippen MR) is 82.3 cm³/mol. The molecule has 0 aliphatic heterocycles. The van der Waals surface area contributed by atoms with Gasteiger partial charge in [-0.2, -0.15) is 0 Å². The zero-order valence-electron chi connectivity index (χ0n) is 11.5. The van der Waals surface area contributed by atoms with Crippen LogP contribution in [0.1, 0.15) is 10.8 Å². The summed E-state index contributed by atoms with van der Waals surface area (Å²) >= 11 is 1.58. The molecule has 0 amide bonds. The molecule has 0 radical (unpaired) electrons. The van der Waals surface area contributed by atoms with Crippen LogP contribution >= 0.6 is 11.8 Å². The van der Waals surface area contributed by atoms with Crippen LogP contribution in [0.25, 0.3) is 11.2 Å². The third-order valence-corrected chi connectivity index (χ3v) is 4.41. The van der Waals surface area contributed by atoms with Crippen LogP contribution in [0, 0.1) is 0 Å². The van der Waals surface area contributed by atoms with Crippen molar-refractivity contribution in [3.63, 3.8) is 0 Å². The Balaban J connectivity index is 1.96. The lowest BCUT2D eigenvalue weighted by Gasteiger charge is -2.17. The second-order valence-electron chi connectivity index (χ2n) is 4.36. The third kappa shape index (κ3) is 2.70. The highest BCUT2D eigenvalue weighted by atomic mass is 32.2. The van der Waals surface area contributed by atoms with Crippen molar-refractivity contribution in [2.45, 2.75) is 10.3 Å². The summed E-state index contributed by atoms with van der Waals surface area (Å²) in [5.41, 5.74) is 8.49. The number of ether oxygens (including phenoxy) is 1. The molecule has 3 aromatic rings. The van der Waals surface area contributed by atoms with E-state index in [4.69, 9.17) is 10.5 Å². The number of fused-ring (bicyclic) bond motifs is 1. The van der Waals surface area contributed by atoms with Gasteiger partial charge in [-0.3, -0.25) is 0 Å². The van der Waals surface area contributed by atoms with Crippen molar-refractivity contribution in [3.05, 3.63) is 42.5 Å². The molecule has 7 heteroatoms. The van der Waals surface area contributed by atoms with Gasteiger partial charge in [-0.15, -0.1) is 0 Å². The molecular weight excluding hydrogens is 286 g/mol. The summed E-state index contributed by atoms with van der Waals surface area (Å²) in [6.45, 7) is 0.477. The molecular formula is C14H15N5OS. The second kappa shape index (κ2) is 6.11. The van der Waals surface area contributed by atoms with Gasteiger partial charge >= 0.3 is 0 Å². The number of methoxy groups -OCH3 is 1. The third-order valence-electron chi connectivity index (χ3n) is 3.14. The normalized spacial score (nSPS) is 12.5. The Morgan fingerprint density at radius 1 is 1.29 bits per heavy atom. The Hall–Kier alpha value is -2.12. The van der Waals surface area contributed by atoms with Crippen LogP contribution in [0.3, 0.4) is 0 Å². The number of hydrogen-bond acceptors (Lipinski definition) is 6. The number of nitrogens with one attached hydrogen (secondary N) is 1. The highest BCUT2D eigenvalue weighted by Gasteiger charge is 2.18. The fraction of sp³-hybridized carbons (Fsp3) is 0.214. The van der Waals surface area contributed by atoms with Crippen molar-refractivity contribution in [1.29, 1.82) is 0 Å². The molecule has 0 fully saturated rings. The number of nitrogens with two attached hydrogens (primary N) is 1. The highest BCUT2D eigenvalue weighted by molar-refractivity contribution is 7.99. The van der Waals surface area contributed by atoms with Gasteiger partial charge in [-0.05, 0) is 6.07 Å². The lowest BCUT2D eigenvalue weighted by atomic mass is 10.1. The number of para-hydroxylation sites is 1. The molecule has 1 aromatic carbocycles. The van der Waals surface area contributed by atoms with Crippen molar-refractivity contribution < 1.29 is 4.74 Å². The fourth-order valence-electron chi connectivity index (χ4n) is 2.14. The molecule has 0 aliphatic rings. The van der Waals surface area contributed by atoms with Crippen LogP contribution < -0.4 is 10.5 Å². The number of aromatic nitrogens is 4. The molecule has 2 heterocycles. The van der Waals surface area contributed by atoms with Crippen molar-refractivity contribution in [2.75, 3.05) is 13.7 Å². The maximum Gasteiger partial charge on any atom is 0.181 e. The average Bonchev–Trinajstić information content (AvgIpc) is 3.02. The maximum atomic E-state index is 5.95. The summed E-state index contributed by atoms with van der Waals surface area (Å²) in [6.07, 6.45) is 3.13. The van der Waals surface area contributed by atoms with E-state index in [0.29, 0.717) is 12.2 Å². The molecule has 21 heavy (non-hydrogen) atoms. The molecule has 1 unspecified atom stereocenters. The van der Waals surface area contributed by atoms with Crippen LogP contribution in [0.4, 0.5) is 0 Å². The first kappa shape index (κ1) is 13.8. The van der Waals surface area contributed by atoms with E-state index in [1.54, 1.807) is 25.2 Å². The van der Waals surface area contributed by atoms with Gasteiger partial charge in [0.2, 0.25) is 0 Å². The van der Waals surface area contributed by atoms with E-state index in [0.717, 1.165) is 21.9 Å². The molecule has 3 rings (SSSR count). The largest absolute Gasteiger partial charge is 0.496 e. The summed E-state index contributed by atoms with van der Waals surface area (Å²) in [6, 6.07) is 7.88. The lowest BCUT2D eigenvalue weighted by molar-refractivity contribution is 0.409. The monoisotopic (exact) mass is 301 g/mol. The molecule has 3 N–H and O–H groups in total. The summed E-state index contributed by atoms with van der Waals surface area (Å²) in [5.74, 6) is 0.829. The fourth-order valence-corrected chi connectivity index (χ4v) is 3.20. The molecule has 0 bridgehead atoms. The van der Waals surface area contributed by atoms with Gasteiger partial charge in [-0.1, -0.05) is 30.0 Å². The Morgan fingerprint density at radius 2 is 2.14 bits per heavy atom. The van der Waals surface area contributed by atoms with E-state index >= 15 is 0 Å². The van der Waals surface area contributed by atoms with E-state index in [1.807, 2.05) is 24.3 Å². The van der Waals surface area contributed by atoms with Gasteiger partial charge in [0.1, 0.15) is 22.6 Å². The smallest absolute Gasteiger partial charge is 0.181 e. The van der Waals surface area contributed by atoms with Crippen LogP contribution in [0.2, 0.25) is 0 Å². The van der Waals surface area contributed by atoms with E-state index in [1.165, 1.54) is 6.33 Å². The van der Waals surface area contributed by atoms with Gasteiger partial charge in [0, 0.05) is 12.1 Å². The van der Waals surface area contributed by atoms with Crippen LogP contribution in [-0.4, -0.2) is 33.6 Å². The second-order valence-corrected chi connectivity index (χ2v) is 5.56. The number of rotatable bonds is 5. The van der Waals surface area contributed by atoms with E-state index < -0.39 is 0 Å². The first-order chi connectivity index (χ1) is 10.3. The van der Waals surface area contributed by atoms with E-state index in [9.17, 15) is 0 Å². The minimum atomic E-state index is 0.0440. The zero-order chi connectivity index (χ0) is 14.7. The van der Waals surface area contributed by atoms with E-state index in [2.05, 4.69) is 19.9 Å². The number of benzene rings is 1. The highest BCUT2D eigenvalue weighted by Crippen LogP contribution is 2.39. The molecule has 108 valence electrons. The molecule has 2 aromatic heterocycles. The first-order valence-electron chi connectivity index (χ1n) is 6.47. The Morgan fingerprint density at radius 3 is 2.95 bits per heavy atom. The van der Waals surface area contributed by atoms with Crippen LogP contribution in [0.5, 0.6) is 5.75 Å². The van der Waals surface area contributed by atoms with Crippen molar-refractivity contribution in [1.82, 2.24) is 19.9 Å². The SMILES string of the molecule is COc1ccccc1C(CN)Sc1ncnc2nc[nH]c12. The quantitative estimate of drug-likeness (QED) is 0.554. The van der Waals surface area contributed by atoms with Crippen molar-refractivity contribution >= 4 is 22.9 Å². The van der Waals surface area contributed by atoms with Gasteiger partial charge in [-0.25, -0.2) is 15.0 Å². The summed E-state index contributed by atoms with van der Waals surface area (Å²) in [5, 5.41) is 0.876. The molecule has 0 aliphatic carbocycles. The lowest BCUT2D eigenvalue weighted by Crippen LogP contribution is -2.10. The summed E-state index contributed by atoms with van der Waals surface area (Å²) in [7, 11) is 1.66. The number of hydrogen-bond donors (Lipinski definition) is 2. The summed E-state index contributed by atoms with van der Waals surface area (Å²) < 4.78 is 5.42. The zero-order valence-corrected chi connectivity index (χ0v) is 12.3. The van der Waals surface area contributed by atoms with Crippen LogP contribution in [0.15, 0.2) is 41.9 Å². The first-order valence-corrected chi connectivity index (χ1v) is 7.35. The predicted octanol–water partition coefficient (Wildman–Crippen LogP) is 2.15. The topological polar surface area (TPSA) is 89.7 Å². The van der Waals surface area contributed by atoms with Gasteiger partial charge < -0.3 is 15.5 Å². The number of imidazole rings is 1. The molecule has 1 atom stereocenters. The van der Waals surface area contributed by atoms with Gasteiger partial charge in [0.25, 0.3) is 0 Å². The molecule has 0 saturated carbocycles. The molecule has 0 saturated heterocycles. The number of aromatic amines is 1. The number of thioether (sulfide) groups is 1. The Labute approximate surface area is 126 Å². The van der Waals surface area contributed by atoms with Crippen LogP contribution in [-0.2, 0) is 0 Å². The number of nitrogens with zero attached hydrogens (tertiary/aromatic N) is 3. The number of H-pyrrole nitrogens is 1. The summed E-state index contributed by atoms with van der Waals surface area (Å²) in [4.78, 5) is 15.7. The Kier molecular flexibility index (Phi) is 4.03. The molecule has 6 nitrogen and oxygen atoms in total. The Bertz CT molecular complexity index is 745. The van der Waals surface area contributed by atoms with Crippen molar-refractivity contribution in [2.24, 2.45) is 5.73 Å². The standard InChI is InChI=1S/C14H15N5OS/c1-20-10-5-3-2-4-9(10)11(6-15)21-14-12-13(17-7-16-12)18-8-19-14/h2-5,7-8,11H,6,15H2,1H3,(H,16,17,18,19). The maximum absolute atomic E-state index is 5.95. The minimum absolute atomic E-state index is 0.0440. The average molecular weight is 301 g/mol. The van der Waals surface area contributed by atoms with Gasteiger partial charge in [0.15, 0.2) is 5.65 Å². The van der Waals surface area contributed by atoms with Gasteiger partial charge in [0.05, 0.1) is 18.7 Å². The van der Waals surface area contributed by atoms with Crippen molar-refractivity contribution in [3.8, 4) is 5.75 Å². The van der Waals surface area contributed by atoms with E-state index in [-0.39, 0.29) is 5.25 Å². The molecule has 0 spiro atoms. The minimum Gasteiger partial charge on any atom is -0.496 e.